The Labute approximate surface area is 99.2 Å². The van der Waals surface area contributed by atoms with Crippen LogP contribution in [0.5, 0.6) is 0 Å². The third-order valence-corrected chi connectivity index (χ3v) is 5.23. The van der Waals surface area contributed by atoms with E-state index in [4.69, 9.17) is 5.11 Å². The van der Waals surface area contributed by atoms with Gasteiger partial charge in [-0.2, -0.15) is 5.10 Å². The van der Waals surface area contributed by atoms with Crippen LogP contribution in [-0.2, 0) is 16.9 Å². The summed E-state index contributed by atoms with van der Waals surface area (Å²) in [5.74, 6) is -0.934. The van der Waals surface area contributed by atoms with Gasteiger partial charge in [-0.15, -0.1) is 0 Å². The summed E-state index contributed by atoms with van der Waals surface area (Å²) in [5.41, 5.74) is 0.366. The van der Waals surface area contributed by atoms with Crippen molar-refractivity contribution in [2.75, 3.05) is 5.75 Å². The molecule has 0 radical (unpaired) electrons. The number of rotatable bonds is 2. The van der Waals surface area contributed by atoms with Gasteiger partial charge in [0.25, 0.3) is 0 Å². The summed E-state index contributed by atoms with van der Waals surface area (Å²) in [6, 6.07) is 1.36. The standard InChI is InChI=1S/C10H14N2O4S/c1-12-8(10(13)14)6-7(11-12)9-4-2-3-5-17(9,15)16/h6,9H,2-5H2,1H3,(H,13,14). The number of nitrogens with zero attached hydrogens (tertiary/aromatic N) is 2. The average Bonchev–Trinajstić information content (AvgIpc) is 2.59. The quantitative estimate of drug-likeness (QED) is 0.845. The molecule has 94 valence electrons. The fourth-order valence-electron chi connectivity index (χ4n) is 2.13. The van der Waals surface area contributed by atoms with Gasteiger partial charge in [0.15, 0.2) is 9.84 Å². The van der Waals surface area contributed by atoms with Gasteiger partial charge in [-0.3, -0.25) is 4.68 Å². The van der Waals surface area contributed by atoms with Crippen LogP contribution in [0.15, 0.2) is 6.07 Å². The Hall–Kier alpha value is -1.37. The van der Waals surface area contributed by atoms with Gasteiger partial charge in [0, 0.05) is 7.05 Å². The predicted molar refractivity (Wildman–Crippen MR) is 60.5 cm³/mol. The highest BCUT2D eigenvalue weighted by molar-refractivity contribution is 7.91. The predicted octanol–water partition coefficient (Wildman–Crippen LogP) is 0.758. The van der Waals surface area contributed by atoms with Crippen molar-refractivity contribution in [1.82, 2.24) is 9.78 Å². The Bertz CT molecular complexity index is 547. The van der Waals surface area contributed by atoms with Gasteiger partial charge in [-0.25, -0.2) is 13.2 Å². The monoisotopic (exact) mass is 258 g/mol. The Morgan fingerprint density at radius 2 is 2.24 bits per heavy atom. The summed E-state index contributed by atoms with van der Waals surface area (Å²) in [4.78, 5) is 10.9. The molecule has 2 heterocycles. The molecule has 1 aliphatic heterocycles. The highest BCUT2D eigenvalue weighted by Gasteiger charge is 2.33. The maximum absolute atomic E-state index is 11.9. The smallest absolute Gasteiger partial charge is 0.354 e. The van der Waals surface area contributed by atoms with E-state index < -0.39 is 21.1 Å². The largest absolute Gasteiger partial charge is 0.477 e. The third kappa shape index (κ3) is 2.19. The molecule has 1 N–H and O–H groups in total. The van der Waals surface area contributed by atoms with E-state index in [0.717, 1.165) is 6.42 Å². The van der Waals surface area contributed by atoms with E-state index in [9.17, 15) is 13.2 Å². The van der Waals surface area contributed by atoms with E-state index in [0.29, 0.717) is 18.5 Å². The van der Waals surface area contributed by atoms with Crippen molar-refractivity contribution in [3.63, 3.8) is 0 Å². The van der Waals surface area contributed by atoms with Crippen molar-refractivity contribution in [3.8, 4) is 0 Å². The van der Waals surface area contributed by atoms with Gasteiger partial charge in [0.05, 0.1) is 11.4 Å². The zero-order valence-corrected chi connectivity index (χ0v) is 10.3. The molecule has 1 saturated heterocycles. The summed E-state index contributed by atoms with van der Waals surface area (Å²) in [6.45, 7) is 0. The minimum Gasteiger partial charge on any atom is -0.477 e. The maximum atomic E-state index is 11.9. The van der Waals surface area contributed by atoms with Crippen molar-refractivity contribution in [2.24, 2.45) is 7.05 Å². The van der Waals surface area contributed by atoms with E-state index >= 15 is 0 Å². The van der Waals surface area contributed by atoms with Crippen molar-refractivity contribution < 1.29 is 18.3 Å². The molecule has 1 aromatic rings. The highest BCUT2D eigenvalue weighted by atomic mass is 32.2. The van der Waals surface area contributed by atoms with Crippen molar-refractivity contribution in [1.29, 1.82) is 0 Å². The fourth-order valence-corrected chi connectivity index (χ4v) is 4.03. The Balaban J connectivity index is 2.40. The molecule has 1 unspecified atom stereocenters. The number of hydrogen-bond donors (Lipinski definition) is 1. The molecule has 0 aromatic carbocycles. The maximum Gasteiger partial charge on any atom is 0.354 e. The first kappa shape index (κ1) is 12.1. The van der Waals surface area contributed by atoms with E-state index in [2.05, 4.69) is 5.10 Å². The number of aromatic nitrogens is 2. The van der Waals surface area contributed by atoms with Crippen LogP contribution in [0.1, 0.15) is 40.7 Å². The van der Waals surface area contributed by atoms with Crippen molar-refractivity contribution in [3.05, 3.63) is 17.5 Å². The normalized spacial score (nSPS) is 23.5. The van der Waals surface area contributed by atoms with Crippen LogP contribution in [0.25, 0.3) is 0 Å². The molecule has 1 aromatic heterocycles. The first-order valence-electron chi connectivity index (χ1n) is 5.40. The zero-order valence-electron chi connectivity index (χ0n) is 9.46. The molecule has 0 saturated carbocycles. The second-order valence-electron chi connectivity index (χ2n) is 4.23. The second kappa shape index (κ2) is 4.14. The number of sulfone groups is 1. The average molecular weight is 258 g/mol. The lowest BCUT2D eigenvalue weighted by atomic mass is 10.1. The number of aromatic carboxylic acids is 1. The summed E-state index contributed by atoms with van der Waals surface area (Å²) >= 11 is 0. The summed E-state index contributed by atoms with van der Waals surface area (Å²) in [5, 5.41) is 12.3. The number of hydrogen-bond acceptors (Lipinski definition) is 4. The van der Waals surface area contributed by atoms with Crippen LogP contribution in [0, 0.1) is 0 Å². The molecule has 7 heteroatoms. The number of carboxylic acids is 1. The van der Waals surface area contributed by atoms with Gasteiger partial charge in [-0.05, 0) is 18.9 Å². The van der Waals surface area contributed by atoms with E-state index in [1.54, 1.807) is 0 Å². The molecule has 1 aliphatic rings. The molecular formula is C10H14N2O4S. The Morgan fingerprint density at radius 3 is 2.76 bits per heavy atom. The molecule has 0 aliphatic carbocycles. The lowest BCUT2D eigenvalue weighted by Crippen LogP contribution is -2.22. The highest BCUT2D eigenvalue weighted by Crippen LogP contribution is 2.32. The van der Waals surface area contributed by atoms with Crippen LogP contribution < -0.4 is 0 Å². The van der Waals surface area contributed by atoms with Crippen LogP contribution in [0.2, 0.25) is 0 Å². The minimum absolute atomic E-state index is 0.0146. The number of carbonyl (C=O) groups is 1. The lowest BCUT2D eigenvalue weighted by molar-refractivity contribution is 0.0685. The minimum atomic E-state index is -3.17. The number of carboxylic acid groups (broad SMARTS) is 1. The lowest BCUT2D eigenvalue weighted by Gasteiger charge is -2.20. The van der Waals surface area contributed by atoms with Crippen LogP contribution in [0.4, 0.5) is 0 Å². The van der Waals surface area contributed by atoms with Gasteiger partial charge >= 0.3 is 5.97 Å². The van der Waals surface area contributed by atoms with Gasteiger partial charge in [0.2, 0.25) is 0 Å². The van der Waals surface area contributed by atoms with E-state index in [1.807, 2.05) is 0 Å². The van der Waals surface area contributed by atoms with Crippen LogP contribution in [0.3, 0.4) is 0 Å². The van der Waals surface area contributed by atoms with Gasteiger partial charge < -0.3 is 5.11 Å². The van der Waals surface area contributed by atoms with Crippen LogP contribution >= 0.6 is 0 Å². The summed E-state index contributed by atoms with van der Waals surface area (Å²) in [6.07, 6.45) is 2.04. The first-order valence-corrected chi connectivity index (χ1v) is 7.12. The molecular weight excluding hydrogens is 244 g/mol. The molecule has 1 fully saturated rings. The Kier molecular flexibility index (Phi) is 2.94. The second-order valence-corrected chi connectivity index (χ2v) is 6.54. The molecule has 17 heavy (non-hydrogen) atoms. The van der Waals surface area contributed by atoms with E-state index in [1.165, 1.54) is 17.8 Å². The fraction of sp³-hybridized carbons (Fsp3) is 0.600. The SMILES string of the molecule is Cn1nc(C2CCCCS2(=O)=O)cc1C(=O)O. The molecule has 2 rings (SSSR count). The van der Waals surface area contributed by atoms with Gasteiger partial charge in [-0.1, -0.05) is 6.42 Å². The van der Waals surface area contributed by atoms with E-state index in [-0.39, 0.29) is 11.4 Å². The molecule has 0 bridgehead atoms. The number of aryl methyl sites for hydroxylation is 1. The molecule has 6 nitrogen and oxygen atoms in total. The van der Waals surface area contributed by atoms with Crippen molar-refractivity contribution >= 4 is 15.8 Å². The molecule has 0 amide bonds. The topological polar surface area (TPSA) is 89.3 Å². The van der Waals surface area contributed by atoms with Crippen molar-refractivity contribution in [2.45, 2.75) is 24.5 Å². The zero-order chi connectivity index (χ0) is 12.6. The molecule has 1 atom stereocenters. The molecule has 0 spiro atoms. The van der Waals surface area contributed by atoms with Gasteiger partial charge in [0.1, 0.15) is 10.9 Å². The third-order valence-electron chi connectivity index (χ3n) is 3.03. The van der Waals surface area contributed by atoms with Crippen LogP contribution in [-0.4, -0.2) is 35.0 Å². The summed E-state index contributed by atoms with van der Waals surface area (Å²) < 4.78 is 25.0. The Morgan fingerprint density at radius 1 is 1.53 bits per heavy atom. The first-order chi connectivity index (χ1) is 7.92. The summed E-state index contributed by atoms with van der Waals surface area (Å²) in [7, 11) is -1.67.